The number of H-pyrrole nitrogens is 1. The van der Waals surface area contributed by atoms with Crippen LogP contribution in [-0.4, -0.2) is 19.6 Å². The average Bonchev–Trinajstić information content (AvgIpc) is 3.24. The maximum absolute atomic E-state index is 13.8. The van der Waals surface area contributed by atoms with Crippen molar-refractivity contribution in [2.45, 2.75) is 6.92 Å². The van der Waals surface area contributed by atoms with Crippen molar-refractivity contribution in [3.63, 3.8) is 0 Å². The SMILES string of the molecule is Cc1nc2c(-c3ccccc3)c(-c3cccc(Cl)c3)[nH]n2c(=O)c1-c1ccc2ncccc2c1. The molecular weight excluding hydrogens is 444 g/mol. The Morgan fingerprint density at radius 2 is 1.65 bits per heavy atom. The molecule has 164 valence electrons. The number of hydrogen-bond donors (Lipinski definition) is 1. The average molecular weight is 463 g/mol. The summed E-state index contributed by atoms with van der Waals surface area (Å²) in [5.41, 5.74) is 6.83. The number of rotatable bonds is 3. The lowest BCUT2D eigenvalue weighted by Crippen LogP contribution is -2.19. The van der Waals surface area contributed by atoms with Gasteiger partial charge in [0.05, 0.1) is 28.0 Å². The zero-order chi connectivity index (χ0) is 23.2. The second-order valence-corrected chi connectivity index (χ2v) is 8.62. The molecule has 6 heteroatoms. The van der Waals surface area contributed by atoms with E-state index < -0.39 is 0 Å². The summed E-state index contributed by atoms with van der Waals surface area (Å²) in [5.74, 6) is 0. The Morgan fingerprint density at radius 1 is 0.824 bits per heavy atom. The molecule has 0 saturated carbocycles. The predicted molar refractivity (Wildman–Crippen MR) is 137 cm³/mol. The van der Waals surface area contributed by atoms with Gasteiger partial charge >= 0.3 is 0 Å². The molecule has 6 aromatic rings. The van der Waals surface area contributed by atoms with E-state index in [4.69, 9.17) is 16.6 Å². The summed E-state index contributed by atoms with van der Waals surface area (Å²) < 4.78 is 1.54. The maximum Gasteiger partial charge on any atom is 0.280 e. The second-order valence-electron chi connectivity index (χ2n) is 8.19. The van der Waals surface area contributed by atoms with Crippen LogP contribution in [0.4, 0.5) is 0 Å². The van der Waals surface area contributed by atoms with E-state index in [0.29, 0.717) is 21.9 Å². The summed E-state index contributed by atoms with van der Waals surface area (Å²) in [7, 11) is 0. The van der Waals surface area contributed by atoms with Gasteiger partial charge in [0.2, 0.25) is 0 Å². The second kappa shape index (κ2) is 7.97. The summed E-state index contributed by atoms with van der Waals surface area (Å²) in [6, 6.07) is 27.3. The van der Waals surface area contributed by atoms with Gasteiger partial charge in [0, 0.05) is 22.2 Å². The Morgan fingerprint density at radius 3 is 2.47 bits per heavy atom. The molecule has 0 unspecified atom stereocenters. The normalized spacial score (nSPS) is 11.4. The first-order valence-corrected chi connectivity index (χ1v) is 11.3. The highest BCUT2D eigenvalue weighted by molar-refractivity contribution is 6.30. The number of aromatic amines is 1. The summed E-state index contributed by atoms with van der Waals surface area (Å²) in [6.45, 7) is 1.88. The largest absolute Gasteiger partial charge is 0.288 e. The number of aryl methyl sites for hydroxylation is 1. The summed E-state index contributed by atoms with van der Waals surface area (Å²) in [5, 5.41) is 4.91. The fourth-order valence-electron chi connectivity index (χ4n) is 4.47. The quantitative estimate of drug-likeness (QED) is 0.325. The van der Waals surface area contributed by atoms with Crippen molar-refractivity contribution in [3.8, 4) is 33.5 Å². The summed E-state index contributed by atoms with van der Waals surface area (Å²) in [6.07, 6.45) is 1.76. The highest BCUT2D eigenvalue weighted by atomic mass is 35.5. The monoisotopic (exact) mass is 462 g/mol. The molecule has 0 amide bonds. The third-order valence-electron chi connectivity index (χ3n) is 6.03. The molecule has 0 radical (unpaired) electrons. The van der Waals surface area contributed by atoms with Crippen molar-refractivity contribution in [1.82, 2.24) is 19.6 Å². The minimum Gasteiger partial charge on any atom is -0.288 e. The molecule has 1 N–H and O–H groups in total. The molecule has 6 rings (SSSR count). The van der Waals surface area contributed by atoms with Crippen LogP contribution in [0.25, 0.3) is 50.1 Å². The third-order valence-corrected chi connectivity index (χ3v) is 6.26. The van der Waals surface area contributed by atoms with E-state index in [0.717, 1.165) is 38.9 Å². The zero-order valence-corrected chi connectivity index (χ0v) is 19.0. The van der Waals surface area contributed by atoms with E-state index >= 15 is 0 Å². The van der Waals surface area contributed by atoms with E-state index in [1.165, 1.54) is 4.52 Å². The topological polar surface area (TPSA) is 63.1 Å². The van der Waals surface area contributed by atoms with Gasteiger partial charge in [-0.1, -0.05) is 66.2 Å². The molecule has 0 aliphatic rings. The number of pyridine rings is 1. The van der Waals surface area contributed by atoms with Gasteiger partial charge in [-0.25, -0.2) is 4.98 Å². The molecule has 0 aliphatic carbocycles. The number of aromatic nitrogens is 4. The van der Waals surface area contributed by atoms with E-state index in [-0.39, 0.29) is 5.56 Å². The van der Waals surface area contributed by atoms with E-state index in [1.807, 2.05) is 91.9 Å². The number of hydrogen-bond acceptors (Lipinski definition) is 3. The maximum atomic E-state index is 13.8. The summed E-state index contributed by atoms with van der Waals surface area (Å²) in [4.78, 5) is 23.1. The molecule has 3 heterocycles. The molecule has 3 aromatic heterocycles. The molecule has 0 aliphatic heterocycles. The first-order chi connectivity index (χ1) is 16.6. The van der Waals surface area contributed by atoms with Crippen LogP contribution in [0.15, 0.2) is 95.9 Å². The lowest BCUT2D eigenvalue weighted by molar-refractivity contribution is 0.897. The van der Waals surface area contributed by atoms with Gasteiger partial charge in [-0.05, 0) is 48.4 Å². The highest BCUT2D eigenvalue weighted by Gasteiger charge is 2.21. The number of benzene rings is 3. The van der Waals surface area contributed by atoms with Gasteiger partial charge in [-0.2, -0.15) is 4.52 Å². The van der Waals surface area contributed by atoms with Crippen molar-refractivity contribution >= 4 is 28.2 Å². The van der Waals surface area contributed by atoms with Crippen LogP contribution in [0, 0.1) is 6.92 Å². The standard InChI is InChI=1S/C28H19ClN4O/c1-17-24(20-12-13-23-19(15-20)10-6-14-30-23)28(34)33-27(31-17)25(18-7-3-2-4-8-18)26(32-33)21-9-5-11-22(29)16-21/h2-16,32H,1H3. The van der Waals surface area contributed by atoms with Gasteiger partial charge in [0.1, 0.15) is 0 Å². The van der Waals surface area contributed by atoms with Crippen LogP contribution >= 0.6 is 11.6 Å². The highest BCUT2D eigenvalue weighted by Crippen LogP contribution is 2.35. The van der Waals surface area contributed by atoms with Crippen LogP contribution in [-0.2, 0) is 0 Å². The Balaban J connectivity index is 1.66. The smallest absolute Gasteiger partial charge is 0.280 e. The molecule has 0 atom stereocenters. The van der Waals surface area contributed by atoms with Crippen LogP contribution in [0.3, 0.4) is 0 Å². The lowest BCUT2D eigenvalue weighted by atomic mass is 10.0. The van der Waals surface area contributed by atoms with Gasteiger partial charge in [0.15, 0.2) is 5.65 Å². The number of nitrogens with zero attached hydrogens (tertiary/aromatic N) is 3. The molecule has 0 spiro atoms. The van der Waals surface area contributed by atoms with Gasteiger partial charge in [-0.15, -0.1) is 0 Å². The predicted octanol–water partition coefficient (Wildman–Crippen LogP) is 6.53. The molecule has 0 fully saturated rings. The van der Waals surface area contributed by atoms with Crippen LogP contribution < -0.4 is 5.56 Å². The van der Waals surface area contributed by atoms with Crippen molar-refractivity contribution in [3.05, 3.63) is 112 Å². The fourth-order valence-corrected chi connectivity index (χ4v) is 4.66. The zero-order valence-electron chi connectivity index (χ0n) is 18.3. The Labute approximate surface area is 200 Å². The van der Waals surface area contributed by atoms with E-state index in [1.54, 1.807) is 6.20 Å². The molecule has 5 nitrogen and oxygen atoms in total. The van der Waals surface area contributed by atoms with Crippen LogP contribution in [0.5, 0.6) is 0 Å². The third kappa shape index (κ3) is 3.29. The Bertz CT molecular complexity index is 1750. The van der Waals surface area contributed by atoms with Crippen molar-refractivity contribution in [1.29, 1.82) is 0 Å². The Hall–Kier alpha value is -4.22. The first-order valence-electron chi connectivity index (χ1n) is 10.9. The fraction of sp³-hybridized carbons (Fsp3) is 0.0357. The van der Waals surface area contributed by atoms with E-state index in [9.17, 15) is 4.79 Å². The van der Waals surface area contributed by atoms with Gasteiger partial charge in [-0.3, -0.25) is 14.9 Å². The number of nitrogens with one attached hydrogen (secondary N) is 1. The lowest BCUT2D eigenvalue weighted by Gasteiger charge is -2.08. The minimum atomic E-state index is -0.156. The number of halogens is 1. The van der Waals surface area contributed by atoms with Crippen LogP contribution in [0.2, 0.25) is 5.02 Å². The first kappa shape index (κ1) is 20.4. The van der Waals surface area contributed by atoms with E-state index in [2.05, 4.69) is 10.1 Å². The Kier molecular flexibility index (Phi) is 4.78. The molecule has 0 saturated heterocycles. The van der Waals surface area contributed by atoms with Crippen molar-refractivity contribution in [2.24, 2.45) is 0 Å². The van der Waals surface area contributed by atoms with Crippen molar-refractivity contribution in [2.75, 3.05) is 0 Å². The summed E-state index contributed by atoms with van der Waals surface area (Å²) >= 11 is 6.30. The molecule has 3 aromatic carbocycles. The molecule has 34 heavy (non-hydrogen) atoms. The molecule has 0 bridgehead atoms. The van der Waals surface area contributed by atoms with Crippen molar-refractivity contribution < 1.29 is 0 Å². The number of fused-ring (bicyclic) bond motifs is 2. The van der Waals surface area contributed by atoms with Gasteiger partial charge in [0.25, 0.3) is 5.56 Å². The van der Waals surface area contributed by atoms with Gasteiger partial charge < -0.3 is 0 Å². The van der Waals surface area contributed by atoms with Crippen LogP contribution in [0.1, 0.15) is 5.69 Å². The minimum absolute atomic E-state index is 0.156. The molecular formula is C28H19ClN4O.